The molecule has 3 aliphatic heterocycles. The standard InChI is InChI=1S/C39H51Cl2N7O2/c1-39(2,33-23-31(25-42)37(36(41)24-33)49-22-12-40)32-3-5-35(6-4-32)50-28-34-9-15-44-38(45-34)48-20-18-47(19-21-48)27-30-10-16-46(17-11-30)26-29-7-13-43-14-8-29/h3-6,9,15,23-24,29-30,43H,7-8,10-14,16-22,26-28H2,1-2H3. The maximum Gasteiger partial charge on any atom is 0.225 e. The quantitative estimate of drug-likeness (QED) is 0.203. The van der Waals surface area contributed by atoms with Crippen LogP contribution in [0, 0.1) is 23.2 Å². The van der Waals surface area contributed by atoms with Crippen LogP contribution >= 0.6 is 23.2 Å². The number of nitriles is 1. The third-order valence-corrected chi connectivity index (χ3v) is 11.2. The number of ether oxygens (including phenoxy) is 2. The number of halogens is 2. The summed E-state index contributed by atoms with van der Waals surface area (Å²) in [5.74, 6) is 3.93. The molecule has 0 saturated carbocycles. The Hall–Kier alpha value is -3.13. The number of likely N-dealkylation sites (tertiary alicyclic amines) is 1. The van der Waals surface area contributed by atoms with E-state index in [2.05, 4.69) is 57.0 Å². The molecule has 2 aromatic carbocycles. The summed E-state index contributed by atoms with van der Waals surface area (Å²) in [6, 6.07) is 15.9. The van der Waals surface area contributed by atoms with Gasteiger partial charge in [0.05, 0.1) is 22.2 Å². The lowest BCUT2D eigenvalue weighted by atomic mass is 9.77. The Morgan fingerprint density at radius 1 is 0.880 bits per heavy atom. The van der Waals surface area contributed by atoms with Crippen molar-refractivity contribution in [3.8, 4) is 17.6 Å². The summed E-state index contributed by atoms with van der Waals surface area (Å²) in [5.41, 5.74) is 2.83. The summed E-state index contributed by atoms with van der Waals surface area (Å²) < 4.78 is 11.8. The van der Waals surface area contributed by atoms with Gasteiger partial charge >= 0.3 is 0 Å². The van der Waals surface area contributed by atoms with E-state index in [4.69, 9.17) is 37.7 Å². The monoisotopic (exact) mass is 719 g/mol. The molecule has 1 aromatic heterocycles. The van der Waals surface area contributed by atoms with Gasteiger partial charge < -0.3 is 24.6 Å². The molecule has 268 valence electrons. The Morgan fingerprint density at radius 3 is 2.24 bits per heavy atom. The third kappa shape index (κ3) is 9.40. The zero-order valence-corrected chi connectivity index (χ0v) is 31.1. The van der Waals surface area contributed by atoms with Crippen LogP contribution in [0.1, 0.15) is 61.9 Å². The van der Waals surface area contributed by atoms with E-state index in [1.165, 1.54) is 65.0 Å². The van der Waals surface area contributed by atoms with E-state index in [-0.39, 0.29) is 6.61 Å². The van der Waals surface area contributed by atoms with E-state index in [1.54, 1.807) is 0 Å². The van der Waals surface area contributed by atoms with Crippen molar-refractivity contribution < 1.29 is 9.47 Å². The van der Waals surface area contributed by atoms with E-state index in [1.807, 2.05) is 36.5 Å². The molecule has 9 nitrogen and oxygen atoms in total. The first-order valence-electron chi connectivity index (χ1n) is 18.2. The first-order chi connectivity index (χ1) is 24.3. The SMILES string of the molecule is CC(C)(c1ccc(OCc2ccnc(N3CCN(CC4CCN(CC5CCNCC5)CC4)CC3)n2)cc1)c1cc(Cl)c(OCCCl)c(C#N)c1. The van der Waals surface area contributed by atoms with Crippen molar-refractivity contribution in [2.24, 2.45) is 11.8 Å². The average molecular weight is 721 g/mol. The largest absolute Gasteiger partial charge is 0.489 e. The Balaban J connectivity index is 0.965. The Kier molecular flexibility index (Phi) is 12.7. The van der Waals surface area contributed by atoms with Gasteiger partial charge in [-0.15, -0.1) is 11.6 Å². The average Bonchev–Trinajstić information content (AvgIpc) is 3.15. The third-order valence-electron chi connectivity index (χ3n) is 10.7. The van der Waals surface area contributed by atoms with Crippen LogP contribution in [-0.4, -0.2) is 97.7 Å². The number of rotatable bonds is 13. The van der Waals surface area contributed by atoms with Crippen LogP contribution < -0.4 is 19.7 Å². The first-order valence-corrected chi connectivity index (χ1v) is 19.1. The van der Waals surface area contributed by atoms with Gasteiger partial charge in [-0.25, -0.2) is 9.97 Å². The molecule has 0 unspecified atom stereocenters. The van der Waals surface area contributed by atoms with Crippen molar-refractivity contribution in [1.82, 2.24) is 25.1 Å². The minimum atomic E-state index is -0.408. The van der Waals surface area contributed by atoms with Gasteiger partial charge in [0.25, 0.3) is 0 Å². The van der Waals surface area contributed by atoms with Gasteiger partial charge in [0.1, 0.15) is 25.0 Å². The number of hydrogen-bond donors (Lipinski definition) is 1. The second-order valence-electron chi connectivity index (χ2n) is 14.5. The summed E-state index contributed by atoms with van der Waals surface area (Å²) >= 11 is 12.3. The van der Waals surface area contributed by atoms with Crippen LogP contribution in [0.3, 0.4) is 0 Å². The maximum atomic E-state index is 9.74. The molecule has 4 heterocycles. The van der Waals surface area contributed by atoms with Crippen LogP contribution in [0.5, 0.6) is 11.5 Å². The van der Waals surface area contributed by atoms with Crippen molar-refractivity contribution in [2.75, 3.05) is 82.8 Å². The summed E-state index contributed by atoms with van der Waals surface area (Å²) in [7, 11) is 0. The molecular formula is C39H51Cl2N7O2. The summed E-state index contributed by atoms with van der Waals surface area (Å²) in [6.07, 6.45) is 7.17. The topological polar surface area (TPSA) is 89.8 Å². The minimum Gasteiger partial charge on any atom is -0.489 e. The molecule has 3 aromatic rings. The van der Waals surface area contributed by atoms with E-state index >= 15 is 0 Å². The van der Waals surface area contributed by atoms with Crippen LogP contribution in [0.2, 0.25) is 5.02 Å². The van der Waals surface area contributed by atoms with E-state index < -0.39 is 5.41 Å². The fourth-order valence-electron chi connectivity index (χ4n) is 7.51. The molecule has 3 fully saturated rings. The maximum absolute atomic E-state index is 9.74. The van der Waals surface area contributed by atoms with Crippen molar-refractivity contribution in [3.05, 3.63) is 76.1 Å². The van der Waals surface area contributed by atoms with Crippen molar-refractivity contribution in [3.63, 3.8) is 0 Å². The Morgan fingerprint density at radius 2 is 1.56 bits per heavy atom. The van der Waals surface area contributed by atoms with Gasteiger partial charge in [-0.2, -0.15) is 5.26 Å². The predicted octanol–water partition coefficient (Wildman–Crippen LogP) is 6.36. The van der Waals surface area contributed by atoms with E-state index in [0.29, 0.717) is 28.8 Å². The normalized spacial score (nSPS) is 18.6. The number of nitrogens with one attached hydrogen (secondary N) is 1. The zero-order valence-electron chi connectivity index (χ0n) is 29.6. The smallest absolute Gasteiger partial charge is 0.225 e. The van der Waals surface area contributed by atoms with Gasteiger partial charge in [0.15, 0.2) is 5.75 Å². The summed E-state index contributed by atoms with van der Waals surface area (Å²) in [6.45, 7) is 16.3. The molecular weight excluding hydrogens is 669 g/mol. The fraction of sp³-hybridized carbons (Fsp3) is 0.564. The van der Waals surface area contributed by atoms with Crippen LogP contribution in [0.15, 0.2) is 48.7 Å². The van der Waals surface area contributed by atoms with Crippen LogP contribution in [-0.2, 0) is 12.0 Å². The van der Waals surface area contributed by atoms with E-state index in [9.17, 15) is 5.26 Å². The van der Waals surface area contributed by atoms with Crippen LogP contribution in [0.25, 0.3) is 0 Å². The molecule has 0 atom stereocenters. The molecule has 1 N–H and O–H groups in total. The molecule has 0 radical (unpaired) electrons. The van der Waals surface area contributed by atoms with Crippen molar-refractivity contribution >= 4 is 29.2 Å². The first kappa shape index (κ1) is 36.7. The minimum absolute atomic E-state index is 0.284. The van der Waals surface area contributed by atoms with Crippen molar-refractivity contribution in [2.45, 2.75) is 51.6 Å². The van der Waals surface area contributed by atoms with Gasteiger partial charge in [-0.3, -0.25) is 4.90 Å². The van der Waals surface area contributed by atoms with E-state index in [0.717, 1.165) is 66.5 Å². The predicted molar refractivity (Wildman–Crippen MR) is 201 cm³/mol. The number of nitrogens with zero attached hydrogens (tertiary/aromatic N) is 6. The number of piperidine rings is 2. The summed E-state index contributed by atoms with van der Waals surface area (Å²) in [4.78, 5) is 17.1. The lowest BCUT2D eigenvalue weighted by molar-refractivity contribution is 0.120. The number of anilines is 1. The Bertz CT molecular complexity index is 1580. The zero-order chi connectivity index (χ0) is 34.9. The van der Waals surface area contributed by atoms with Gasteiger partial charge in [0, 0.05) is 50.9 Å². The number of piperazine rings is 1. The molecule has 0 amide bonds. The second kappa shape index (κ2) is 17.4. The molecule has 3 saturated heterocycles. The molecule has 0 aliphatic carbocycles. The highest BCUT2D eigenvalue weighted by molar-refractivity contribution is 6.32. The number of hydrogen-bond acceptors (Lipinski definition) is 9. The Labute approximate surface area is 307 Å². The van der Waals surface area contributed by atoms with Gasteiger partial charge in [-0.1, -0.05) is 37.6 Å². The highest BCUT2D eigenvalue weighted by Crippen LogP contribution is 2.38. The molecule has 0 spiro atoms. The number of alkyl halides is 1. The van der Waals surface area contributed by atoms with Crippen LogP contribution in [0.4, 0.5) is 5.95 Å². The lowest BCUT2D eigenvalue weighted by Gasteiger charge is -2.39. The fourth-order valence-corrected chi connectivity index (χ4v) is 7.86. The van der Waals surface area contributed by atoms with Gasteiger partial charge in [0.2, 0.25) is 5.95 Å². The highest BCUT2D eigenvalue weighted by atomic mass is 35.5. The van der Waals surface area contributed by atoms with Gasteiger partial charge in [-0.05, 0) is 105 Å². The lowest BCUT2D eigenvalue weighted by Crippen LogP contribution is -2.49. The molecule has 50 heavy (non-hydrogen) atoms. The molecule has 3 aliphatic rings. The molecule has 0 bridgehead atoms. The molecule has 6 rings (SSSR count). The highest BCUT2D eigenvalue weighted by Gasteiger charge is 2.28. The second-order valence-corrected chi connectivity index (χ2v) is 15.3. The summed E-state index contributed by atoms with van der Waals surface area (Å²) in [5, 5.41) is 13.6. The molecule has 11 heteroatoms. The van der Waals surface area contributed by atoms with Crippen molar-refractivity contribution in [1.29, 1.82) is 5.26 Å². The number of aromatic nitrogens is 2. The number of benzene rings is 2.